The number of benzene rings is 1. The number of rotatable bonds is 7. The summed E-state index contributed by atoms with van der Waals surface area (Å²) in [6, 6.07) is 2.60. The van der Waals surface area contributed by atoms with Crippen LogP contribution in [0.3, 0.4) is 0 Å². The molecule has 1 aromatic carbocycles. The zero-order chi connectivity index (χ0) is 21.7. The van der Waals surface area contributed by atoms with Gasteiger partial charge in [-0.2, -0.15) is 0 Å². The lowest BCUT2D eigenvalue weighted by Crippen LogP contribution is -2.48. The van der Waals surface area contributed by atoms with Crippen molar-refractivity contribution >= 4 is 40.8 Å². The third kappa shape index (κ3) is 5.91. The summed E-state index contributed by atoms with van der Waals surface area (Å²) in [6.07, 6.45) is 5.45. The van der Waals surface area contributed by atoms with E-state index in [0.717, 1.165) is 49.6 Å². The number of halogens is 2. The smallest absolute Gasteiger partial charge is 0.337 e. The largest absolute Gasteiger partial charge is 0.479 e. The monoisotopic (exact) mass is 455 g/mol. The molecule has 1 fully saturated rings. The SMILES string of the molecule is C[C@H]1CC[C@H](CN(C(=O)NC(Sc2cncs2)C(=O)O)c2ccc(F)c(F)c2)CC1. The lowest BCUT2D eigenvalue weighted by atomic mass is 9.83. The van der Waals surface area contributed by atoms with Crippen LogP contribution in [0, 0.1) is 23.5 Å². The van der Waals surface area contributed by atoms with Crippen molar-refractivity contribution in [3.05, 3.63) is 41.5 Å². The normalized spacial score (nSPS) is 19.8. The molecule has 2 amide bonds. The fourth-order valence-electron chi connectivity index (χ4n) is 3.44. The number of urea groups is 1. The number of carboxylic acid groups (broad SMARTS) is 1. The van der Waals surface area contributed by atoms with E-state index in [-0.39, 0.29) is 11.6 Å². The van der Waals surface area contributed by atoms with E-state index >= 15 is 0 Å². The number of nitrogens with one attached hydrogen (secondary N) is 1. The van der Waals surface area contributed by atoms with Crippen molar-refractivity contribution in [3.8, 4) is 0 Å². The Labute approximate surface area is 181 Å². The maximum absolute atomic E-state index is 13.8. The van der Waals surface area contributed by atoms with Crippen LogP contribution in [0.4, 0.5) is 19.3 Å². The molecule has 1 atom stereocenters. The molecule has 1 unspecified atom stereocenters. The average Bonchev–Trinajstić information content (AvgIpc) is 3.22. The Hall–Kier alpha value is -2.20. The van der Waals surface area contributed by atoms with Crippen molar-refractivity contribution in [2.24, 2.45) is 11.8 Å². The van der Waals surface area contributed by atoms with Gasteiger partial charge < -0.3 is 10.4 Å². The fourth-order valence-corrected chi connectivity index (χ4v) is 5.04. The number of hydrogen-bond donors (Lipinski definition) is 2. The first-order valence-corrected chi connectivity index (χ1v) is 11.4. The summed E-state index contributed by atoms with van der Waals surface area (Å²) in [5.74, 6) is -2.44. The Kier molecular flexibility index (Phi) is 7.65. The van der Waals surface area contributed by atoms with E-state index in [9.17, 15) is 23.5 Å². The van der Waals surface area contributed by atoms with Crippen LogP contribution in [0.1, 0.15) is 32.6 Å². The predicted molar refractivity (Wildman–Crippen MR) is 113 cm³/mol. The van der Waals surface area contributed by atoms with E-state index in [1.165, 1.54) is 28.5 Å². The second-order valence-electron chi connectivity index (χ2n) is 7.44. The molecule has 0 aliphatic heterocycles. The van der Waals surface area contributed by atoms with Crippen LogP contribution >= 0.6 is 23.1 Å². The molecule has 0 radical (unpaired) electrons. The summed E-state index contributed by atoms with van der Waals surface area (Å²) < 4.78 is 27.9. The van der Waals surface area contributed by atoms with Gasteiger partial charge in [-0.05, 0) is 36.8 Å². The van der Waals surface area contributed by atoms with Gasteiger partial charge in [0.25, 0.3) is 0 Å². The molecule has 3 rings (SSSR count). The highest BCUT2D eigenvalue weighted by molar-refractivity contribution is 8.02. The molecule has 1 aliphatic rings. The molecule has 1 aromatic heterocycles. The van der Waals surface area contributed by atoms with E-state index in [2.05, 4.69) is 17.2 Å². The molecule has 10 heteroatoms. The quantitative estimate of drug-likeness (QED) is 0.455. The van der Waals surface area contributed by atoms with Gasteiger partial charge in [-0.15, -0.1) is 11.3 Å². The Balaban J connectivity index is 1.79. The van der Waals surface area contributed by atoms with Crippen LogP contribution < -0.4 is 10.2 Å². The number of aromatic nitrogens is 1. The van der Waals surface area contributed by atoms with Crippen LogP contribution in [-0.4, -0.2) is 34.0 Å². The minimum Gasteiger partial charge on any atom is -0.479 e. The number of hydrogen-bond acceptors (Lipinski definition) is 5. The lowest BCUT2D eigenvalue weighted by molar-refractivity contribution is -0.136. The van der Waals surface area contributed by atoms with E-state index < -0.39 is 29.0 Å². The highest BCUT2D eigenvalue weighted by atomic mass is 32.2. The van der Waals surface area contributed by atoms with Gasteiger partial charge in [0.2, 0.25) is 0 Å². The Morgan fingerprint density at radius 3 is 2.63 bits per heavy atom. The van der Waals surface area contributed by atoms with Crippen LogP contribution in [0.2, 0.25) is 0 Å². The van der Waals surface area contributed by atoms with Gasteiger partial charge in [0.05, 0.1) is 15.9 Å². The summed E-state index contributed by atoms with van der Waals surface area (Å²) >= 11 is 2.23. The molecule has 0 spiro atoms. The summed E-state index contributed by atoms with van der Waals surface area (Å²) in [5.41, 5.74) is 1.76. The zero-order valence-corrected chi connectivity index (χ0v) is 18.0. The number of thiazole rings is 1. The summed E-state index contributed by atoms with van der Waals surface area (Å²) in [4.78, 5) is 29.9. The maximum atomic E-state index is 13.8. The molecular formula is C20H23F2N3O3S2. The fraction of sp³-hybridized carbons (Fsp3) is 0.450. The van der Waals surface area contributed by atoms with E-state index in [0.29, 0.717) is 16.7 Å². The minimum atomic E-state index is -1.24. The molecule has 2 aromatic rings. The van der Waals surface area contributed by atoms with Crippen molar-refractivity contribution in [3.63, 3.8) is 0 Å². The molecule has 1 saturated carbocycles. The third-order valence-corrected chi connectivity index (χ3v) is 7.19. The topological polar surface area (TPSA) is 82.5 Å². The second-order valence-corrected chi connectivity index (χ2v) is 9.73. The van der Waals surface area contributed by atoms with Gasteiger partial charge in [0.15, 0.2) is 17.0 Å². The van der Waals surface area contributed by atoms with Gasteiger partial charge in [-0.25, -0.2) is 18.4 Å². The first-order valence-electron chi connectivity index (χ1n) is 9.64. The second kappa shape index (κ2) is 10.2. The number of nitrogens with zero attached hydrogens (tertiary/aromatic N) is 2. The molecule has 30 heavy (non-hydrogen) atoms. The molecular weight excluding hydrogens is 432 g/mol. The number of carbonyl (C=O) groups is 2. The Morgan fingerprint density at radius 2 is 2.03 bits per heavy atom. The molecule has 2 N–H and O–H groups in total. The first kappa shape index (κ1) is 22.5. The zero-order valence-electron chi connectivity index (χ0n) is 16.4. The van der Waals surface area contributed by atoms with Crippen molar-refractivity contribution in [1.82, 2.24) is 10.3 Å². The molecule has 0 bridgehead atoms. The van der Waals surface area contributed by atoms with Gasteiger partial charge >= 0.3 is 12.0 Å². The predicted octanol–water partition coefficient (Wildman–Crippen LogP) is 4.97. The molecule has 0 saturated heterocycles. The van der Waals surface area contributed by atoms with Crippen LogP contribution in [0.15, 0.2) is 34.1 Å². The van der Waals surface area contributed by atoms with E-state index in [4.69, 9.17) is 0 Å². The number of aliphatic carboxylic acids is 1. The molecule has 1 heterocycles. The highest BCUT2D eigenvalue weighted by Crippen LogP contribution is 2.31. The number of carboxylic acids is 1. The summed E-state index contributed by atoms with van der Waals surface area (Å²) in [6.45, 7) is 2.49. The third-order valence-electron chi connectivity index (χ3n) is 5.16. The first-order chi connectivity index (χ1) is 14.3. The Bertz CT molecular complexity index is 874. The highest BCUT2D eigenvalue weighted by Gasteiger charge is 2.29. The van der Waals surface area contributed by atoms with Gasteiger partial charge in [0.1, 0.15) is 0 Å². The van der Waals surface area contributed by atoms with Crippen molar-refractivity contribution in [2.45, 2.75) is 42.2 Å². The van der Waals surface area contributed by atoms with Crippen LogP contribution in [0.5, 0.6) is 0 Å². The van der Waals surface area contributed by atoms with Gasteiger partial charge in [0, 0.05) is 18.3 Å². The molecule has 6 nitrogen and oxygen atoms in total. The lowest BCUT2D eigenvalue weighted by Gasteiger charge is -2.32. The minimum absolute atomic E-state index is 0.192. The van der Waals surface area contributed by atoms with E-state index in [1.54, 1.807) is 5.51 Å². The van der Waals surface area contributed by atoms with E-state index in [1.807, 2.05) is 0 Å². The molecule has 1 aliphatic carbocycles. The standard InChI is InChI=1S/C20H23F2N3O3S2/c1-12-2-4-13(5-3-12)10-25(14-6-7-15(21)16(22)8-14)20(28)24-18(19(26)27)30-17-9-23-11-29-17/h6-9,11-13,18H,2-5,10H2,1H3,(H,24,28)(H,26,27)/t12-,13-,18?. The Morgan fingerprint density at radius 1 is 1.30 bits per heavy atom. The maximum Gasteiger partial charge on any atom is 0.337 e. The van der Waals surface area contributed by atoms with Gasteiger partial charge in [-0.1, -0.05) is 31.5 Å². The van der Waals surface area contributed by atoms with Crippen molar-refractivity contribution in [1.29, 1.82) is 0 Å². The summed E-state index contributed by atoms with van der Waals surface area (Å²) in [5, 5.41) is 10.8. The van der Waals surface area contributed by atoms with Crippen molar-refractivity contribution in [2.75, 3.05) is 11.4 Å². The van der Waals surface area contributed by atoms with Crippen molar-refractivity contribution < 1.29 is 23.5 Å². The number of thioether (sulfide) groups is 1. The number of carbonyl (C=O) groups excluding carboxylic acids is 1. The number of anilines is 1. The average molecular weight is 456 g/mol. The van der Waals surface area contributed by atoms with Crippen LogP contribution in [0.25, 0.3) is 0 Å². The van der Waals surface area contributed by atoms with Gasteiger partial charge in [-0.3, -0.25) is 9.88 Å². The van der Waals surface area contributed by atoms with Crippen LogP contribution in [-0.2, 0) is 4.79 Å². The number of amides is 2. The molecule has 162 valence electrons. The summed E-state index contributed by atoms with van der Waals surface area (Å²) in [7, 11) is 0.